The predicted octanol–water partition coefficient (Wildman–Crippen LogP) is 2.51. The van der Waals surface area contributed by atoms with Crippen molar-refractivity contribution in [3.8, 4) is 11.5 Å². The molecule has 1 saturated heterocycles. The largest absolute Gasteiger partial charge is 0.504 e. The fourth-order valence-electron chi connectivity index (χ4n) is 6.39. The topological polar surface area (TPSA) is 52.9 Å². The Kier molecular flexibility index (Phi) is 2.58. The minimum atomic E-state index is -0.780. The van der Waals surface area contributed by atoms with Crippen LogP contribution in [-0.2, 0) is 11.8 Å². The highest BCUT2D eigenvalue weighted by Gasteiger charge is 2.71. The van der Waals surface area contributed by atoms with Crippen molar-refractivity contribution in [3.05, 3.63) is 35.4 Å². The molecule has 25 heavy (non-hydrogen) atoms. The van der Waals surface area contributed by atoms with Gasteiger partial charge in [-0.05, 0) is 68.2 Å². The lowest BCUT2D eigenvalue weighted by molar-refractivity contribution is -0.174. The van der Waals surface area contributed by atoms with Gasteiger partial charge in [0, 0.05) is 18.2 Å². The molecule has 1 spiro atoms. The van der Waals surface area contributed by atoms with E-state index < -0.39 is 11.0 Å². The number of benzene rings is 1. The summed E-state index contributed by atoms with van der Waals surface area (Å²) in [6.45, 7) is 6.40. The van der Waals surface area contributed by atoms with Crippen LogP contribution < -0.4 is 4.74 Å². The molecule has 0 aromatic heterocycles. The Morgan fingerprint density at radius 1 is 1.28 bits per heavy atom. The van der Waals surface area contributed by atoms with Crippen molar-refractivity contribution in [1.82, 2.24) is 4.90 Å². The lowest BCUT2D eigenvalue weighted by atomic mass is 9.48. The molecule has 1 aromatic rings. The monoisotopic (exact) mass is 339 g/mol. The molecule has 2 bridgehead atoms. The van der Waals surface area contributed by atoms with Gasteiger partial charge in [0.2, 0.25) is 0 Å². The van der Waals surface area contributed by atoms with Crippen LogP contribution in [0.3, 0.4) is 0 Å². The summed E-state index contributed by atoms with van der Waals surface area (Å²) in [6, 6.07) is 3.96. The zero-order valence-corrected chi connectivity index (χ0v) is 14.5. The van der Waals surface area contributed by atoms with E-state index in [1.807, 2.05) is 6.07 Å². The van der Waals surface area contributed by atoms with Crippen molar-refractivity contribution >= 4 is 0 Å². The molecule has 2 heterocycles. The highest BCUT2D eigenvalue weighted by atomic mass is 16.5. The first-order valence-electron chi connectivity index (χ1n) is 9.71. The molecule has 4 atom stereocenters. The predicted molar refractivity (Wildman–Crippen MR) is 93.9 cm³/mol. The lowest BCUT2D eigenvalue weighted by Crippen LogP contribution is -2.75. The Hall–Kier alpha value is -1.52. The first-order valence-corrected chi connectivity index (χ1v) is 9.71. The first kappa shape index (κ1) is 14.6. The van der Waals surface area contributed by atoms with Gasteiger partial charge in [0.25, 0.3) is 0 Å². The fourth-order valence-corrected chi connectivity index (χ4v) is 6.39. The molecule has 4 heteroatoms. The maximum Gasteiger partial charge on any atom is 0.166 e. The molecule has 1 aromatic carbocycles. The van der Waals surface area contributed by atoms with Gasteiger partial charge in [-0.2, -0.15) is 0 Å². The molecular formula is C21H25NO3. The number of ether oxygens (including phenoxy) is 1. The number of hydrogen-bond donors (Lipinski definition) is 2. The van der Waals surface area contributed by atoms with Gasteiger partial charge in [-0.25, -0.2) is 0 Å². The van der Waals surface area contributed by atoms with E-state index in [1.54, 1.807) is 6.07 Å². The second kappa shape index (κ2) is 4.41. The van der Waals surface area contributed by atoms with Crippen molar-refractivity contribution in [3.63, 3.8) is 0 Å². The van der Waals surface area contributed by atoms with Crippen molar-refractivity contribution in [2.45, 2.75) is 61.7 Å². The highest BCUT2D eigenvalue weighted by Crippen LogP contribution is 2.66. The summed E-state index contributed by atoms with van der Waals surface area (Å²) in [5.41, 5.74) is 2.21. The van der Waals surface area contributed by atoms with Crippen molar-refractivity contribution in [2.75, 3.05) is 13.1 Å². The van der Waals surface area contributed by atoms with E-state index in [0.717, 1.165) is 55.8 Å². The Morgan fingerprint density at radius 3 is 2.92 bits per heavy atom. The third-order valence-electron chi connectivity index (χ3n) is 7.71. The summed E-state index contributed by atoms with van der Waals surface area (Å²) < 4.78 is 6.29. The summed E-state index contributed by atoms with van der Waals surface area (Å²) in [6.07, 6.45) is 5.79. The molecule has 4 nitrogen and oxygen atoms in total. The first-order chi connectivity index (χ1) is 12.0. The van der Waals surface area contributed by atoms with Gasteiger partial charge in [-0.1, -0.05) is 12.6 Å². The molecule has 3 aliphatic carbocycles. The molecule has 2 aliphatic heterocycles. The van der Waals surface area contributed by atoms with Gasteiger partial charge >= 0.3 is 0 Å². The minimum Gasteiger partial charge on any atom is -0.504 e. The fraction of sp³-hybridized carbons (Fsp3) is 0.619. The summed E-state index contributed by atoms with van der Waals surface area (Å²) in [7, 11) is 0. The Morgan fingerprint density at radius 2 is 2.12 bits per heavy atom. The molecule has 5 aliphatic rings. The highest BCUT2D eigenvalue weighted by molar-refractivity contribution is 5.63. The molecule has 3 fully saturated rings. The number of aliphatic hydroxyl groups is 1. The second-order valence-electron chi connectivity index (χ2n) is 8.91. The average Bonchev–Trinajstić information content (AvgIpc) is 3.32. The number of likely N-dealkylation sites (tertiary alicyclic amines) is 1. The SMILES string of the molecule is C=C1CCC2(O)[C@H]3Cc4ccc(O)c5c4[C@@]2(CCN3CC2CC2)[C@H]1O5. The number of nitrogens with zero attached hydrogens (tertiary/aromatic N) is 1. The maximum atomic E-state index is 12.1. The van der Waals surface area contributed by atoms with Gasteiger partial charge in [0.05, 0.1) is 11.0 Å². The van der Waals surface area contributed by atoms with Gasteiger partial charge < -0.3 is 14.9 Å². The molecule has 2 saturated carbocycles. The Labute approximate surface area is 148 Å². The molecule has 6 rings (SSSR count). The molecule has 0 amide bonds. The van der Waals surface area contributed by atoms with Gasteiger partial charge in [-0.15, -0.1) is 0 Å². The number of aromatic hydroxyl groups is 1. The molecule has 132 valence electrons. The molecule has 2 N–H and O–H groups in total. The molecule has 1 unspecified atom stereocenters. The van der Waals surface area contributed by atoms with Crippen LogP contribution in [0.2, 0.25) is 0 Å². The van der Waals surface area contributed by atoms with Gasteiger partial charge in [0.15, 0.2) is 11.5 Å². The zero-order chi connectivity index (χ0) is 17.0. The number of rotatable bonds is 2. The van der Waals surface area contributed by atoms with Crippen molar-refractivity contribution in [2.24, 2.45) is 5.92 Å². The van der Waals surface area contributed by atoms with E-state index in [2.05, 4.69) is 11.5 Å². The smallest absolute Gasteiger partial charge is 0.166 e. The third kappa shape index (κ3) is 1.57. The second-order valence-corrected chi connectivity index (χ2v) is 8.91. The summed E-state index contributed by atoms with van der Waals surface area (Å²) in [5, 5.41) is 22.5. The Bertz CT molecular complexity index is 801. The zero-order valence-electron chi connectivity index (χ0n) is 14.5. The maximum absolute atomic E-state index is 12.1. The van der Waals surface area contributed by atoms with Crippen LogP contribution in [0.1, 0.15) is 43.2 Å². The van der Waals surface area contributed by atoms with Crippen LogP contribution in [0.25, 0.3) is 0 Å². The summed E-state index contributed by atoms with van der Waals surface area (Å²) >= 11 is 0. The van der Waals surface area contributed by atoms with Gasteiger partial charge in [-0.3, -0.25) is 4.90 Å². The van der Waals surface area contributed by atoms with Crippen LogP contribution in [0.5, 0.6) is 11.5 Å². The van der Waals surface area contributed by atoms with Crippen molar-refractivity contribution < 1.29 is 14.9 Å². The summed E-state index contributed by atoms with van der Waals surface area (Å²) in [5.74, 6) is 1.64. The number of phenols is 1. The van der Waals surface area contributed by atoms with E-state index in [-0.39, 0.29) is 17.9 Å². The van der Waals surface area contributed by atoms with E-state index >= 15 is 0 Å². The third-order valence-corrected chi connectivity index (χ3v) is 7.71. The van der Waals surface area contributed by atoms with E-state index in [9.17, 15) is 10.2 Å². The molecular weight excluding hydrogens is 314 g/mol. The van der Waals surface area contributed by atoms with Gasteiger partial charge in [0.1, 0.15) is 6.10 Å². The standard InChI is InChI=1S/C21H25NO3/c1-12-6-7-21(24)16-10-14-4-5-15(23)18-17(14)20(21,19(12)25-18)8-9-22(16)11-13-2-3-13/h4-5,13,16,19,23-24H,1-3,6-11H2/t16-,19+,20+,21?/m1/s1. The average molecular weight is 339 g/mol. The van der Waals surface area contributed by atoms with E-state index in [1.165, 1.54) is 18.4 Å². The quantitative estimate of drug-likeness (QED) is 0.813. The summed E-state index contributed by atoms with van der Waals surface area (Å²) in [4.78, 5) is 2.56. The normalized spacial score (nSPS) is 41.4. The lowest BCUT2D eigenvalue weighted by Gasteiger charge is -2.63. The number of piperidine rings is 1. The van der Waals surface area contributed by atoms with E-state index in [4.69, 9.17) is 4.74 Å². The number of hydrogen-bond acceptors (Lipinski definition) is 4. The van der Waals surface area contributed by atoms with Crippen LogP contribution in [0.4, 0.5) is 0 Å². The van der Waals surface area contributed by atoms with Crippen LogP contribution in [-0.4, -0.2) is 45.9 Å². The Balaban J connectivity index is 1.58. The number of phenolic OH excluding ortho intramolecular Hbond substituents is 1. The minimum absolute atomic E-state index is 0.157. The van der Waals surface area contributed by atoms with E-state index in [0.29, 0.717) is 5.75 Å². The van der Waals surface area contributed by atoms with Crippen LogP contribution in [0.15, 0.2) is 24.3 Å². The van der Waals surface area contributed by atoms with Crippen molar-refractivity contribution in [1.29, 1.82) is 0 Å². The molecule has 0 radical (unpaired) electrons. The van der Waals surface area contributed by atoms with Crippen LogP contribution >= 0.6 is 0 Å². The van der Waals surface area contributed by atoms with Crippen LogP contribution in [0, 0.1) is 5.92 Å².